The Balaban J connectivity index is 2.21. The van der Waals surface area contributed by atoms with Gasteiger partial charge in [0.1, 0.15) is 5.69 Å². The molecule has 5 heteroatoms. The standard InChI is InChI=1S/C14H20N2O3/c1-3-14(6-4-5-7-14)13(19)16-10-8-9(2)15-11(10)12(17)18/h8,15H,3-7H2,1-2H3,(H,16,19)(H,17,18). The average molecular weight is 264 g/mol. The zero-order chi connectivity index (χ0) is 14.0. The number of nitrogens with one attached hydrogen (secondary N) is 2. The highest BCUT2D eigenvalue weighted by Crippen LogP contribution is 2.42. The Kier molecular flexibility index (Phi) is 3.64. The molecule has 19 heavy (non-hydrogen) atoms. The molecule has 1 aliphatic rings. The molecule has 1 saturated carbocycles. The molecular formula is C14H20N2O3. The van der Waals surface area contributed by atoms with Crippen LogP contribution in [0, 0.1) is 12.3 Å². The molecule has 0 spiro atoms. The van der Waals surface area contributed by atoms with Crippen LogP contribution < -0.4 is 5.32 Å². The van der Waals surface area contributed by atoms with Crippen LogP contribution in [0.3, 0.4) is 0 Å². The molecule has 5 nitrogen and oxygen atoms in total. The Morgan fingerprint density at radius 1 is 1.42 bits per heavy atom. The third-order valence-corrected chi connectivity index (χ3v) is 4.13. The van der Waals surface area contributed by atoms with Crippen molar-refractivity contribution in [1.29, 1.82) is 0 Å². The summed E-state index contributed by atoms with van der Waals surface area (Å²) in [6, 6.07) is 1.67. The molecule has 0 atom stereocenters. The maximum Gasteiger partial charge on any atom is 0.354 e. The number of aromatic nitrogens is 1. The van der Waals surface area contributed by atoms with Crippen LogP contribution >= 0.6 is 0 Å². The number of carboxylic acids is 1. The number of hydrogen-bond donors (Lipinski definition) is 3. The largest absolute Gasteiger partial charge is 0.477 e. The fraction of sp³-hybridized carbons (Fsp3) is 0.571. The molecule has 2 rings (SSSR count). The van der Waals surface area contributed by atoms with Crippen molar-refractivity contribution in [1.82, 2.24) is 4.98 Å². The van der Waals surface area contributed by atoms with Crippen molar-refractivity contribution in [2.45, 2.75) is 46.0 Å². The molecule has 104 valence electrons. The lowest BCUT2D eigenvalue weighted by Crippen LogP contribution is -2.33. The predicted molar refractivity (Wildman–Crippen MR) is 72.3 cm³/mol. The van der Waals surface area contributed by atoms with Crippen LogP contribution in [0.5, 0.6) is 0 Å². The zero-order valence-electron chi connectivity index (χ0n) is 11.4. The Morgan fingerprint density at radius 2 is 2.05 bits per heavy atom. The Hall–Kier alpha value is -1.78. The molecule has 1 heterocycles. The highest BCUT2D eigenvalue weighted by Gasteiger charge is 2.39. The molecule has 0 bridgehead atoms. The van der Waals surface area contributed by atoms with Crippen molar-refractivity contribution in [2.75, 3.05) is 5.32 Å². The lowest BCUT2D eigenvalue weighted by atomic mass is 9.82. The first-order valence-corrected chi connectivity index (χ1v) is 6.73. The van der Waals surface area contributed by atoms with Gasteiger partial charge in [-0.05, 0) is 32.3 Å². The highest BCUT2D eigenvalue weighted by atomic mass is 16.4. The second kappa shape index (κ2) is 5.07. The highest BCUT2D eigenvalue weighted by molar-refractivity contribution is 6.01. The summed E-state index contributed by atoms with van der Waals surface area (Å²) in [5.74, 6) is -1.10. The number of rotatable bonds is 4. The quantitative estimate of drug-likeness (QED) is 0.782. The first-order valence-electron chi connectivity index (χ1n) is 6.73. The van der Waals surface area contributed by atoms with E-state index in [1.54, 1.807) is 13.0 Å². The number of hydrogen-bond acceptors (Lipinski definition) is 2. The summed E-state index contributed by atoms with van der Waals surface area (Å²) < 4.78 is 0. The molecule has 1 amide bonds. The van der Waals surface area contributed by atoms with Crippen LogP contribution in [-0.4, -0.2) is 22.0 Å². The van der Waals surface area contributed by atoms with E-state index in [-0.39, 0.29) is 17.0 Å². The third kappa shape index (κ3) is 2.50. The van der Waals surface area contributed by atoms with Gasteiger partial charge in [-0.25, -0.2) is 4.79 Å². The van der Waals surface area contributed by atoms with Crippen LogP contribution in [0.2, 0.25) is 0 Å². The fourth-order valence-electron chi connectivity index (χ4n) is 2.90. The number of anilines is 1. The van der Waals surface area contributed by atoms with Crippen molar-refractivity contribution in [2.24, 2.45) is 5.41 Å². The summed E-state index contributed by atoms with van der Waals surface area (Å²) in [7, 11) is 0. The van der Waals surface area contributed by atoms with Crippen LogP contribution in [0.25, 0.3) is 0 Å². The first kappa shape index (κ1) is 13.6. The van der Waals surface area contributed by atoms with Gasteiger partial charge >= 0.3 is 5.97 Å². The minimum absolute atomic E-state index is 0.0472. The van der Waals surface area contributed by atoms with E-state index in [9.17, 15) is 9.59 Å². The number of aromatic amines is 1. The van der Waals surface area contributed by atoms with Crippen LogP contribution in [0.4, 0.5) is 5.69 Å². The second-order valence-corrected chi connectivity index (χ2v) is 5.34. The minimum atomic E-state index is -1.06. The Morgan fingerprint density at radius 3 is 2.58 bits per heavy atom. The molecule has 0 aromatic carbocycles. The number of amides is 1. The van der Waals surface area contributed by atoms with Gasteiger partial charge in [-0.1, -0.05) is 19.8 Å². The van der Waals surface area contributed by atoms with Gasteiger partial charge in [0.15, 0.2) is 0 Å². The van der Waals surface area contributed by atoms with Gasteiger partial charge in [-0.2, -0.15) is 0 Å². The van der Waals surface area contributed by atoms with E-state index in [4.69, 9.17) is 5.11 Å². The normalized spacial score (nSPS) is 17.4. The molecule has 0 saturated heterocycles. The molecule has 1 aromatic heterocycles. The van der Waals surface area contributed by atoms with Gasteiger partial charge in [-0.3, -0.25) is 4.79 Å². The first-order chi connectivity index (χ1) is 8.98. The van der Waals surface area contributed by atoms with Crippen molar-refractivity contribution in [3.63, 3.8) is 0 Å². The van der Waals surface area contributed by atoms with Crippen molar-refractivity contribution >= 4 is 17.6 Å². The summed E-state index contributed by atoms with van der Waals surface area (Å²) >= 11 is 0. The van der Waals surface area contributed by atoms with E-state index in [1.165, 1.54) is 0 Å². The SMILES string of the molecule is CCC1(C(=O)Nc2cc(C)[nH]c2C(=O)O)CCCC1. The van der Waals surface area contributed by atoms with E-state index in [0.29, 0.717) is 5.69 Å². The van der Waals surface area contributed by atoms with Gasteiger partial charge in [-0.15, -0.1) is 0 Å². The van der Waals surface area contributed by atoms with Gasteiger partial charge in [0.05, 0.1) is 5.69 Å². The minimum Gasteiger partial charge on any atom is -0.477 e. The number of H-pyrrole nitrogens is 1. The molecule has 1 fully saturated rings. The molecular weight excluding hydrogens is 244 g/mol. The summed E-state index contributed by atoms with van der Waals surface area (Å²) in [6.45, 7) is 3.79. The Labute approximate surface area is 112 Å². The maximum absolute atomic E-state index is 12.4. The maximum atomic E-state index is 12.4. The lowest BCUT2D eigenvalue weighted by molar-refractivity contribution is -0.125. The van der Waals surface area contributed by atoms with Crippen LogP contribution in [-0.2, 0) is 4.79 Å². The van der Waals surface area contributed by atoms with E-state index >= 15 is 0 Å². The molecule has 0 aliphatic heterocycles. The average Bonchev–Trinajstić information content (AvgIpc) is 2.96. The lowest BCUT2D eigenvalue weighted by Gasteiger charge is -2.25. The van der Waals surface area contributed by atoms with Gasteiger partial charge in [0.2, 0.25) is 5.91 Å². The van der Waals surface area contributed by atoms with E-state index in [0.717, 1.165) is 37.8 Å². The number of aromatic carboxylic acids is 1. The number of carboxylic acid groups (broad SMARTS) is 1. The second-order valence-electron chi connectivity index (χ2n) is 5.34. The van der Waals surface area contributed by atoms with E-state index in [2.05, 4.69) is 10.3 Å². The number of carbonyl (C=O) groups excluding carboxylic acids is 1. The summed E-state index contributed by atoms with van der Waals surface area (Å²) in [5, 5.41) is 11.9. The van der Waals surface area contributed by atoms with Crippen LogP contribution in [0.15, 0.2) is 6.07 Å². The zero-order valence-corrected chi connectivity index (χ0v) is 11.4. The van der Waals surface area contributed by atoms with E-state index in [1.807, 2.05) is 6.92 Å². The van der Waals surface area contributed by atoms with Gasteiger partial charge in [0, 0.05) is 11.1 Å². The van der Waals surface area contributed by atoms with Crippen LogP contribution in [0.1, 0.15) is 55.2 Å². The van der Waals surface area contributed by atoms with E-state index < -0.39 is 5.97 Å². The topological polar surface area (TPSA) is 82.2 Å². The van der Waals surface area contributed by atoms with Gasteiger partial charge in [0.25, 0.3) is 0 Å². The van der Waals surface area contributed by atoms with Crippen molar-refractivity contribution in [3.05, 3.63) is 17.5 Å². The monoisotopic (exact) mass is 264 g/mol. The molecule has 0 unspecified atom stereocenters. The van der Waals surface area contributed by atoms with Crippen molar-refractivity contribution < 1.29 is 14.7 Å². The molecule has 1 aromatic rings. The molecule has 3 N–H and O–H groups in total. The summed E-state index contributed by atoms with van der Waals surface area (Å²) in [4.78, 5) is 26.3. The number of aryl methyl sites for hydroxylation is 1. The third-order valence-electron chi connectivity index (χ3n) is 4.13. The fourth-order valence-corrected chi connectivity index (χ4v) is 2.90. The molecule has 1 aliphatic carbocycles. The summed E-state index contributed by atoms with van der Waals surface area (Å²) in [5.41, 5.74) is 0.829. The smallest absolute Gasteiger partial charge is 0.354 e. The molecule has 0 radical (unpaired) electrons. The number of carbonyl (C=O) groups is 2. The predicted octanol–water partition coefficient (Wildman–Crippen LogP) is 2.93. The van der Waals surface area contributed by atoms with Crippen molar-refractivity contribution in [3.8, 4) is 0 Å². The Bertz CT molecular complexity index is 499. The summed E-state index contributed by atoms with van der Waals surface area (Å²) in [6.07, 6.45) is 4.71. The van der Waals surface area contributed by atoms with Gasteiger partial charge < -0.3 is 15.4 Å².